The molecule has 3 nitrogen and oxygen atoms in total. The Morgan fingerprint density at radius 2 is 2.35 bits per heavy atom. The Morgan fingerprint density at radius 3 is 3.00 bits per heavy atom. The number of hydrogen-bond donors (Lipinski definition) is 1. The van der Waals surface area contributed by atoms with Gasteiger partial charge < -0.3 is 9.73 Å². The Labute approximate surface area is 111 Å². The molecule has 0 amide bonds. The Kier molecular flexibility index (Phi) is 2.84. The van der Waals surface area contributed by atoms with Gasteiger partial charge in [-0.05, 0) is 54.2 Å². The molecular formula is C13H19BrN2O. The van der Waals surface area contributed by atoms with Crippen LogP contribution in [0.5, 0.6) is 0 Å². The zero-order valence-corrected chi connectivity index (χ0v) is 12.0. The summed E-state index contributed by atoms with van der Waals surface area (Å²) in [4.78, 5) is 2.56. The van der Waals surface area contributed by atoms with Crippen LogP contribution in [0.3, 0.4) is 0 Å². The minimum Gasteiger partial charge on any atom is -0.467 e. The summed E-state index contributed by atoms with van der Waals surface area (Å²) in [6, 6.07) is 1.97. The summed E-state index contributed by atoms with van der Waals surface area (Å²) in [5.74, 6) is 2.63. The lowest BCUT2D eigenvalue weighted by atomic mass is 9.85. The second-order valence-corrected chi connectivity index (χ2v) is 6.61. The molecule has 2 saturated heterocycles. The summed E-state index contributed by atoms with van der Waals surface area (Å²) in [5, 5.41) is 3.51. The fourth-order valence-corrected chi connectivity index (χ4v) is 3.71. The van der Waals surface area contributed by atoms with E-state index >= 15 is 0 Å². The first kappa shape index (κ1) is 11.8. The van der Waals surface area contributed by atoms with E-state index in [-0.39, 0.29) is 5.54 Å². The Balaban J connectivity index is 1.79. The van der Waals surface area contributed by atoms with Gasteiger partial charge in [-0.1, -0.05) is 0 Å². The monoisotopic (exact) mass is 298 g/mol. The predicted molar refractivity (Wildman–Crippen MR) is 70.7 cm³/mol. The third-order valence-electron chi connectivity index (χ3n) is 4.54. The van der Waals surface area contributed by atoms with Gasteiger partial charge in [0.05, 0.1) is 17.3 Å². The van der Waals surface area contributed by atoms with Gasteiger partial charge in [0.25, 0.3) is 0 Å². The summed E-state index contributed by atoms with van der Waals surface area (Å²) in [7, 11) is 0. The molecule has 0 radical (unpaired) electrons. The predicted octanol–water partition coefficient (Wildman–Crippen LogP) is 2.47. The van der Waals surface area contributed by atoms with E-state index in [4.69, 9.17) is 4.42 Å². The van der Waals surface area contributed by atoms with E-state index in [2.05, 4.69) is 40.0 Å². The van der Waals surface area contributed by atoms with E-state index < -0.39 is 0 Å². The molecule has 94 valence electrons. The highest BCUT2D eigenvalue weighted by Crippen LogP contribution is 2.41. The molecule has 2 fully saturated rings. The smallest absolute Gasteiger partial charge is 0.131 e. The third-order valence-corrected chi connectivity index (χ3v) is 5.25. The highest BCUT2D eigenvalue weighted by molar-refractivity contribution is 9.10. The van der Waals surface area contributed by atoms with Gasteiger partial charge in [0, 0.05) is 18.6 Å². The maximum absolute atomic E-state index is 5.54. The number of likely N-dealkylation sites (tertiary alicyclic amines) is 1. The largest absolute Gasteiger partial charge is 0.467 e. The number of hydrogen-bond acceptors (Lipinski definition) is 3. The van der Waals surface area contributed by atoms with Crippen molar-refractivity contribution in [2.24, 2.45) is 11.8 Å². The van der Waals surface area contributed by atoms with Crippen molar-refractivity contribution in [3.8, 4) is 0 Å². The van der Waals surface area contributed by atoms with E-state index in [9.17, 15) is 0 Å². The van der Waals surface area contributed by atoms with Crippen LogP contribution in [0.4, 0.5) is 0 Å². The summed E-state index contributed by atoms with van der Waals surface area (Å²) in [6.45, 7) is 9.14. The molecule has 3 heterocycles. The number of furan rings is 1. The Hall–Kier alpha value is -0.320. The van der Waals surface area contributed by atoms with Crippen LogP contribution in [0.2, 0.25) is 0 Å². The maximum Gasteiger partial charge on any atom is 0.131 e. The zero-order chi connectivity index (χ0) is 12.0. The van der Waals surface area contributed by atoms with Crippen molar-refractivity contribution < 1.29 is 4.42 Å². The number of fused-ring (bicyclic) bond motifs is 1. The number of halogens is 1. The summed E-state index contributed by atoms with van der Waals surface area (Å²) < 4.78 is 6.62. The highest BCUT2D eigenvalue weighted by atomic mass is 79.9. The van der Waals surface area contributed by atoms with Crippen LogP contribution >= 0.6 is 15.9 Å². The molecule has 3 rings (SSSR count). The van der Waals surface area contributed by atoms with Crippen LogP contribution in [0.25, 0.3) is 0 Å². The van der Waals surface area contributed by atoms with Crippen molar-refractivity contribution in [2.75, 3.05) is 19.6 Å². The van der Waals surface area contributed by atoms with Crippen LogP contribution in [0.15, 0.2) is 21.2 Å². The molecule has 0 bridgehead atoms. The Bertz CT molecular complexity index is 415. The lowest BCUT2D eigenvalue weighted by Gasteiger charge is -2.35. The lowest BCUT2D eigenvalue weighted by Crippen LogP contribution is -2.43. The van der Waals surface area contributed by atoms with Crippen LogP contribution < -0.4 is 5.32 Å². The van der Waals surface area contributed by atoms with Crippen LogP contribution in [-0.4, -0.2) is 30.1 Å². The molecule has 1 aromatic heterocycles. The van der Waals surface area contributed by atoms with Crippen molar-refractivity contribution in [1.29, 1.82) is 0 Å². The molecular weight excluding hydrogens is 280 g/mol. The minimum atomic E-state index is 0.264. The average molecular weight is 299 g/mol. The van der Waals surface area contributed by atoms with Crippen LogP contribution in [0.1, 0.15) is 19.6 Å². The number of nitrogens with one attached hydrogen (secondary N) is 1. The quantitative estimate of drug-likeness (QED) is 0.909. The van der Waals surface area contributed by atoms with Gasteiger partial charge in [0.15, 0.2) is 0 Å². The molecule has 1 aromatic rings. The van der Waals surface area contributed by atoms with Crippen molar-refractivity contribution in [1.82, 2.24) is 10.2 Å². The number of nitrogens with zero attached hydrogens (tertiary/aromatic N) is 1. The van der Waals surface area contributed by atoms with Gasteiger partial charge in [-0.3, -0.25) is 4.90 Å². The summed E-state index contributed by atoms with van der Waals surface area (Å²) >= 11 is 3.54. The van der Waals surface area contributed by atoms with E-state index in [1.54, 1.807) is 6.26 Å². The zero-order valence-electron chi connectivity index (χ0n) is 10.4. The first-order valence-electron chi connectivity index (χ1n) is 6.26. The summed E-state index contributed by atoms with van der Waals surface area (Å²) in [5.41, 5.74) is 0.264. The van der Waals surface area contributed by atoms with Crippen LogP contribution in [0, 0.1) is 11.8 Å². The van der Waals surface area contributed by atoms with Crippen LogP contribution in [-0.2, 0) is 6.54 Å². The fourth-order valence-electron chi connectivity index (χ4n) is 3.38. The molecule has 1 N–H and O–H groups in total. The Morgan fingerprint density at radius 1 is 1.53 bits per heavy atom. The van der Waals surface area contributed by atoms with Crippen molar-refractivity contribution in [3.05, 3.63) is 22.6 Å². The highest BCUT2D eigenvalue weighted by Gasteiger charge is 2.49. The fraction of sp³-hybridized carbons (Fsp3) is 0.692. The molecule has 17 heavy (non-hydrogen) atoms. The molecule has 0 spiro atoms. The molecule has 2 atom stereocenters. The van der Waals surface area contributed by atoms with Crippen molar-refractivity contribution in [3.63, 3.8) is 0 Å². The third kappa shape index (κ3) is 1.86. The lowest BCUT2D eigenvalue weighted by molar-refractivity contribution is 0.122. The SMILES string of the molecule is CC1(C)C2CNCC2CN1Cc1occc1Br. The van der Waals surface area contributed by atoms with E-state index in [1.165, 1.54) is 13.1 Å². The van der Waals surface area contributed by atoms with E-state index in [0.717, 1.165) is 35.2 Å². The van der Waals surface area contributed by atoms with E-state index in [1.807, 2.05) is 6.07 Å². The molecule has 4 heteroatoms. The standard InChI is InChI=1S/C13H19BrN2O/c1-13(2)10-6-15-5-9(10)7-16(13)8-12-11(14)3-4-17-12/h3-4,9-10,15H,5-8H2,1-2H3. The van der Waals surface area contributed by atoms with Gasteiger partial charge in [-0.25, -0.2) is 0 Å². The first-order valence-corrected chi connectivity index (χ1v) is 7.06. The number of rotatable bonds is 2. The molecule has 2 unspecified atom stereocenters. The van der Waals surface area contributed by atoms with Crippen molar-refractivity contribution in [2.45, 2.75) is 25.9 Å². The molecule has 2 aliphatic rings. The summed E-state index contributed by atoms with van der Waals surface area (Å²) in [6.07, 6.45) is 1.75. The average Bonchev–Trinajstić information content (AvgIpc) is 2.91. The van der Waals surface area contributed by atoms with E-state index in [0.29, 0.717) is 0 Å². The first-order chi connectivity index (χ1) is 8.09. The topological polar surface area (TPSA) is 28.4 Å². The normalized spacial score (nSPS) is 31.9. The second kappa shape index (κ2) is 4.11. The van der Waals surface area contributed by atoms with Gasteiger partial charge in [0.1, 0.15) is 5.76 Å². The van der Waals surface area contributed by atoms with Crippen molar-refractivity contribution >= 4 is 15.9 Å². The maximum atomic E-state index is 5.54. The van der Waals surface area contributed by atoms with Gasteiger partial charge in [-0.2, -0.15) is 0 Å². The molecule has 0 saturated carbocycles. The minimum absolute atomic E-state index is 0.264. The van der Waals surface area contributed by atoms with Gasteiger partial charge in [0.2, 0.25) is 0 Å². The molecule has 2 aliphatic heterocycles. The molecule has 0 aliphatic carbocycles. The van der Waals surface area contributed by atoms with Gasteiger partial charge >= 0.3 is 0 Å². The van der Waals surface area contributed by atoms with Gasteiger partial charge in [-0.15, -0.1) is 0 Å². The second-order valence-electron chi connectivity index (χ2n) is 5.75. The molecule has 0 aromatic carbocycles.